The molecule has 1 unspecified atom stereocenters. The third-order valence-corrected chi connectivity index (χ3v) is 9.21. The van der Waals surface area contributed by atoms with E-state index in [9.17, 15) is 21.6 Å². The highest BCUT2D eigenvalue weighted by Gasteiger charge is 2.45. The number of halogens is 3. The third kappa shape index (κ3) is 5.87. The zero-order valence-corrected chi connectivity index (χ0v) is 26.5. The highest BCUT2D eigenvalue weighted by molar-refractivity contribution is 7.90. The summed E-state index contributed by atoms with van der Waals surface area (Å²) in [4.78, 5) is 22.2. The lowest BCUT2D eigenvalue weighted by Crippen LogP contribution is -2.26. The molecule has 10 nitrogen and oxygen atoms in total. The number of rotatable bonds is 7. The summed E-state index contributed by atoms with van der Waals surface area (Å²) >= 11 is 0.852. The van der Waals surface area contributed by atoms with E-state index in [1.54, 1.807) is 36.4 Å². The van der Waals surface area contributed by atoms with E-state index >= 15 is 0 Å². The molecule has 0 spiro atoms. The number of benzene rings is 2. The number of ether oxygens (including phenoxy) is 1. The second-order valence-corrected chi connectivity index (χ2v) is 14.0. The molecular weight excluding hydrogens is 654 g/mol. The maximum absolute atomic E-state index is 14.8. The zero-order chi connectivity index (χ0) is 33.1. The van der Waals surface area contributed by atoms with Crippen molar-refractivity contribution >= 4 is 53.3 Å². The monoisotopic (exact) mass is 676 g/mol. The van der Waals surface area contributed by atoms with Crippen molar-refractivity contribution in [3.8, 4) is 27.9 Å². The van der Waals surface area contributed by atoms with E-state index in [0.29, 0.717) is 43.9 Å². The summed E-state index contributed by atoms with van der Waals surface area (Å²) in [6.45, 7) is 3.81. The lowest BCUT2D eigenvalue weighted by molar-refractivity contribution is -0.197. The van der Waals surface area contributed by atoms with Crippen molar-refractivity contribution in [2.75, 3.05) is 6.26 Å². The van der Waals surface area contributed by atoms with Crippen LogP contribution in [0.1, 0.15) is 37.3 Å². The van der Waals surface area contributed by atoms with Gasteiger partial charge in [-0.05, 0) is 42.5 Å². The molecule has 0 bridgehead atoms. The summed E-state index contributed by atoms with van der Waals surface area (Å²) in [5.74, 6) is 0.620. The van der Waals surface area contributed by atoms with Gasteiger partial charge in [0.1, 0.15) is 10.3 Å². The first-order valence-electron chi connectivity index (χ1n) is 14.2. The van der Waals surface area contributed by atoms with Gasteiger partial charge in [0.05, 0.1) is 16.7 Å². The van der Waals surface area contributed by atoms with Gasteiger partial charge < -0.3 is 9.26 Å². The summed E-state index contributed by atoms with van der Waals surface area (Å²) in [5.41, 5.74) is 2.09. The Labute approximate surface area is 269 Å². The summed E-state index contributed by atoms with van der Waals surface area (Å²) in [6.07, 6.45) is -4.85. The fraction of sp³-hybridized carbons (Fsp3) is 0.188. The van der Waals surface area contributed by atoms with Crippen LogP contribution in [-0.4, -0.2) is 50.9 Å². The second kappa shape index (κ2) is 11.3. The fourth-order valence-corrected chi connectivity index (χ4v) is 6.40. The molecule has 0 aliphatic heterocycles. The van der Waals surface area contributed by atoms with Gasteiger partial charge >= 0.3 is 6.18 Å². The topological polar surface area (TPSA) is 134 Å². The Hall–Kier alpha value is -5.02. The molecule has 0 amide bonds. The molecular formula is C32H23F3N6O4S2. The lowest BCUT2D eigenvalue weighted by Gasteiger charge is -2.22. The SMILES string of the molecule is CC(C)c1noc(-c2ccc(C(Oc3nc4ccc(-c5ccc(S(C)(=O)=O)nc5)nc4s3)C(F)(F)F)c3nc4ccccc4cc23)n1. The van der Waals surface area contributed by atoms with Gasteiger partial charge in [0.2, 0.25) is 6.10 Å². The smallest absolute Gasteiger partial charge is 0.429 e. The Morgan fingerprint density at radius 2 is 1.72 bits per heavy atom. The van der Waals surface area contributed by atoms with Crippen molar-refractivity contribution in [2.45, 2.75) is 37.1 Å². The fourth-order valence-electron chi connectivity index (χ4n) is 5.03. The molecule has 0 fully saturated rings. The Kier molecular flexibility index (Phi) is 7.39. The van der Waals surface area contributed by atoms with Gasteiger partial charge in [0.15, 0.2) is 20.7 Å². The maximum atomic E-state index is 14.8. The minimum Gasteiger partial charge on any atom is -0.452 e. The number of fused-ring (bicyclic) bond motifs is 3. The number of alkyl halides is 3. The standard InChI is InChI=1S/C32H23F3N6O4S2/c1-16(2)28-40-29(45-41-28)19-9-10-20(26-21(19)14-17-6-4-5-7-22(17)37-26)27(32(33,34)35)44-31-39-24-12-11-23(38-30(24)46-31)18-8-13-25(36-15-18)47(3,42)43/h4-16,27H,1-3H3. The molecule has 0 saturated heterocycles. The van der Waals surface area contributed by atoms with E-state index in [1.165, 1.54) is 24.4 Å². The average Bonchev–Trinajstić information content (AvgIpc) is 3.69. The van der Waals surface area contributed by atoms with E-state index in [0.717, 1.165) is 23.0 Å². The molecule has 5 aromatic heterocycles. The molecule has 5 heterocycles. The normalized spacial score (nSPS) is 13.2. The second-order valence-electron chi connectivity index (χ2n) is 11.1. The Bertz CT molecular complexity index is 2410. The van der Waals surface area contributed by atoms with Crippen LogP contribution in [0.2, 0.25) is 0 Å². The molecule has 0 radical (unpaired) electrons. The molecule has 0 aliphatic carbocycles. The summed E-state index contributed by atoms with van der Waals surface area (Å²) in [5, 5.41) is 4.81. The van der Waals surface area contributed by atoms with Gasteiger partial charge in [0, 0.05) is 45.8 Å². The molecule has 15 heteroatoms. The number of aromatic nitrogens is 6. The van der Waals surface area contributed by atoms with Crippen LogP contribution >= 0.6 is 11.3 Å². The maximum Gasteiger partial charge on any atom is 0.429 e. The number of hydrogen-bond donors (Lipinski definition) is 0. The number of hydrogen-bond acceptors (Lipinski definition) is 11. The molecule has 0 aliphatic rings. The molecule has 2 aromatic carbocycles. The van der Waals surface area contributed by atoms with E-state index in [4.69, 9.17) is 9.26 Å². The number of thiazole rings is 1. The van der Waals surface area contributed by atoms with Crippen molar-refractivity contribution in [1.82, 2.24) is 30.1 Å². The highest BCUT2D eigenvalue weighted by Crippen LogP contribution is 2.43. The molecule has 0 N–H and O–H groups in total. The zero-order valence-electron chi connectivity index (χ0n) is 24.8. The molecule has 7 aromatic rings. The van der Waals surface area contributed by atoms with E-state index < -0.39 is 22.1 Å². The first-order chi connectivity index (χ1) is 22.3. The minimum atomic E-state index is -4.85. The van der Waals surface area contributed by atoms with Crippen molar-refractivity contribution in [3.05, 3.63) is 84.3 Å². The van der Waals surface area contributed by atoms with Gasteiger partial charge in [-0.1, -0.05) is 54.6 Å². The van der Waals surface area contributed by atoms with Crippen molar-refractivity contribution < 1.29 is 30.8 Å². The summed E-state index contributed by atoms with van der Waals surface area (Å²) in [6, 6.07) is 17.8. The van der Waals surface area contributed by atoms with Gasteiger partial charge in [-0.3, -0.25) is 0 Å². The van der Waals surface area contributed by atoms with Gasteiger partial charge in [-0.25, -0.2) is 28.4 Å². The van der Waals surface area contributed by atoms with Crippen LogP contribution in [0.25, 0.3) is 54.9 Å². The van der Waals surface area contributed by atoms with Crippen LogP contribution in [0.4, 0.5) is 13.2 Å². The third-order valence-electron chi connectivity index (χ3n) is 7.35. The van der Waals surface area contributed by atoms with E-state index in [2.05, 4.69) is 30.1 Å². The molecule has 1 atom stereocenters. The number of sulfone groups is 1. The molecule has 238 valence electrons. The number of para-hydroxylation sites is 1. The van der Waals surface area contributed by atoms with Gasteiger partial charge in [0.25, 0.3) is 11.1 Å². The highest BCUT2D eigenvalue weighted by atomic mass is 32.2. The Morgan fingerprint density at radius 1 is 0.915 bits per heavy atom. The van der Waals surface area contributed by atoms with E-state index in [-0.39, 0.29) is 33.1 Å². The van der Waals surface area contributed by atoms with Crippen LogP contribution in [0.15, 0.2) is 82.5 Å². The molecule has 47 heavy (non-hydrogen) atoms. The van der Waals surface area contributed by atoms with Crippen LogP contribution in [0.5, 0.6) is 5.19 Å². The van der Waals surface area contributed by atoms with Crippen LogP contribution in [0, 0.1) is 0 Å². The van der Waals surface area contributed by atoms with Crippen LogP contribution in [-0.2, 0) is 9.84 Å². The van der Waals surface area contributed by atoms with E-state index in [1.807, 2.05) is 26.0 Å². The molecule has 7 rings (SSSR count). The van der Waals surface area contributed by atoms with Gasteiger partial charge in [-0.15, -0.1) is 0 Å². The van der Waals surface area contributed by atoms with Crippen molar-refractivity contribution in [2.24, 2.45) is 0 Å². The lowest BCUT2D eigenvalue weighted by atomic mass is 9.98. The number of nitrogens with zero attached hydrogens (tertiary/aromatic N) is 6. The predicted molar refractivity (Wildman–Crippen MR) is 170 cm³/mol. The minimum absolute atomic E-state index is 0.0172. The first kappa shape index (κ1) is 30.6. The summed E-state index contributed by atoms with van der Waals surface area (Å²) in [7, 11) is -3.49. The van der Waals surface area contributed by atoms with Crippen LogP contribution < -0.4 is 4.74 Å². The van der Waals surface area contributed by atoms with Gasteiger partial charge in [-0.2, -0.15) is 18.2 Å². The number of pyridine rings is 3. The average molecular weight is 677 g/mol. The molecule has 0 saturated carbocycles. The largest absolute Gasteiger partial charge is 0.452 e. The first-order valence-corrected chi connectivity index (χ1v) is 16.9. The quantitative estimate of drug-likeness (QED) is 0.155. The van der Waals surface area contributed by atoms with Crippen molar-refractivity contribution in [3.63, 3.8) is 0 Å². The van der Waals surface area contributed by atoms with Crippen LogP contribution in [0.3, 0.4) is 0 Å². The Morgan fingerprint density at radius 3 is 2.43 bits per heavy atom. The summed E-state index contributed by atoms with van der Waals surface area (Å²) < 4.78 is 79.1. The van der Waals surface area contributed by atoms with Crippen molar-refractivity contribution in [1.29, 1.82) is 0 Å². The predicted octanol–water partition coefficient (Wildman–Crippen LogP) is 7.71. The Balaban J connectivity index is 1.30.